The fraction of sp³-hybridized carbons (Fsp3) is 0.183. The summed E-state index contributed by atoms with van der Waals surface area (Å²) in [5.41, 5.74) is 8.91. The van der Waals surface area contributed by atoms with Crippen LogP contribution >= 0.6 is 0 Å². The monoisotopic (exact) mass is 2000 g/mol. The van der Waals surface area contributed by atoms with Crippen molar-refractivity contribution in [3.8, 4) is 0 Å². The van der Waals surface area contributed by atoms with Crippen LogP contribution in [0.4, 0.5) is 0 Å². The van der Waals surface area contributed by atoms with Gasteiger partial charge in [-0.2, -0.15) is 8.42 Å². The number of carboxylic acids is 10. The van der Waals surface area contributed by atoms with Crippen LogP contribution in [-0.4, -0.2) is 138 Å². The van der Waals surface area contributed by atoms with E-state index in [0.29, 0.717) is 11.1 Å². The summed E-state index contributed by atoms with van der Waals surface area (Å²) < 4.78 is 190. The summed E-state index contributed by atoms with van der Waals surface area (Å²) in [5, 5.41) is 104. The Morgan fingerprint density at radius 2 is 0.606 bits per heavy atom. The maximum absolute atomic E-state index is 10.8. The first kappa shape index (κ1) is 123. The highest BCUT2D eigenvalue weighted by Crippen LogP contribution is 2.24. The smallest absolute Gasteiger partial charge is 0.294 e. The molecule has 0 atom stereocenters. The first-order valence-electron chi connectivity index (χ1n) is 38.6. The normalized spacial score (nSPS) is 10.5. The van der Waals surface area contributed by atoms with Crippen LogP contribution in [-0.2, 0) is 60.7 Å². The molecule has 0 aliphatic carbocycles. The van der Waals surface area contributed by atoms with E-state index >= 15 is 0 Å². The van der Waals surface area contributed by atoms with E-state index in [4.69, 9.17) is 4.55 Å². The molecular weight excluding hydrogens is 1920 g/mol. The molecular formula is C93H87O38S6-15. The second-order valence-electron chi connectivity index (χ2n) is 28.4. The Morgan fingerprint density at radius 3 is 0.971 bits per heavy atom. The maximum Gasteiger partial charge on any atom is 0.294 e. The summed E-state index contributed by atoms with van der Waals surface area (Å²) in [4.78, 5) is 101. The van der Waals surface area contributed by atoms with Gasteiger partial charge in [0.25, 0.3) is 10.1 Å². The van der Waals surface area contributed by atoms with Gasteiger partial charge < -0.3 is 122 Å². The van der Waals surface area contributed by atoms with Gasteiger partial charge in [-0.1, -0.05) is 205 Å². The Bertz CT molecular complexity index is 6870. The van der Waals surface area contributed by atoms with Crippen molar-refractivity contribution in [2.75, 3.05) is 0 Å². The van der Waals surface area contributed by atoms with Crippen molar-refractivity contribution in [2.24, 2.45) is 0 Å². The largest absolute Gasteiger partial charge is 0.744 e. The highest BCUT2D eigenvalue weighted by Gasteiger charge is 2.17. The zero-order chi connectivity index (χ0) is 106. The molecule has 0 aliphatic rings. The first-order chi connectivity index (χ1) is 62.8. The SMILES string of the molecule is CC.Cc1cc(C)cc(C(=O)[O-])c1.Cc1ccc(C(=O)[O-])c(C)c1.Cc1ccc(C(=O)[O-])cc1C.Cc1ccc(C(=O)[O-])cc1S(=O)(=O)O.Cc1ccc(C(=O)[O-])cc1S(=O)(=O)[O-].Cc1ccc(S(=O)(=O)[O-])c(C(=O)[O-])c1.Cc1ccc(S(=O)(=O)[O-])cc1C(=O)[O-].Cc1cccc(C(=O)[O-])c1C.Cc1cccc(C(=O)[O-])c1S(=O)(=O)[O-].Cc1cccc(S(=O)(=O)[O-])c1C(=O)[O-].Cc1ccccc1. The second-order valence-corrected chi connectivity index (χ2v) is 36.5. The summed E-state index contributed by atoms with van der Waals surface area (Å²) in [6, 6.07) is 51.0. The van der Waals surface area contributed by atoms with Crippen molar-refractivity contribution < 1.29 is 177 Å². The molecule has 0 spiro atoms. The molecule has 0 saturated carbocycles. The molecule has 0 aromatic heterocycles. The van der Waals surface area contributed by atoms with Crippen molar-refractivity contribution in [1.82, 2.24) is 0 Å². The van der Waals surface area contributed by atoms with E-state index in [1.54, 1.807) is 75.4 Å². The van der Waals surface area contributed by atoms with E-state index in [1.165, 1.54) is 101 Å². The van der Waals surface area contributed by atoms with Crippen molar-refractivity contribution in [1.29, 1.82) is 0 Å². The molecule has 0 radical (unpaired) electrons. The van der Waals surface area contributed by atoms with Crippen LogP contribution in [0.25, 0.3) is 0 Å². The highest BCUT2D eigenvalue weighted by molar-refractivity contribution is 7.87. The summed E-state index contributed by atoms with van der Waals surface area (Å²) in [7, 11) is -27.9. The number of hydrogen-bond acceptors (Lipinski definition) is 37. The number of benzene rings is 11. The molecule has 11 aromatic rings. The Labute approximate surface area is 790 Å². The zero-order valence-corrected chi connectivity index (χ0v) is 80.6. The highest BCUT2D eigenvalue weighted by atomic mass is 32.2. The second kappa shape index (κ2) is 54.8. The number of carbonyl (C=O) groups is 10. The topological polar surface area (TPSA) is 742 Å². The fourth-order valence-corrected chi connectivity index (χ4v) is 15.0. The van der Waals surface area contributed by atoms with Gasteiger partial charge in [0, 0.05) is 33.4 Å². The van der Waals surface area contributed by atoms with Gasteiger partial charge in [-0.15, -0.1) is 0 Å². The van der Waals surface area contributed by atoms with E-state index in [0.717, 1.165) is 93.0 Å². The standard InChI is InChI=1S/4C9H10O2.6C8H8O5S.C7H8.C2H6/c1-6-3-7(2)5-8(4-6)9(10)11;1-6-3-4-8(9(10)11)5-7(6)2;1-6-3-4-8(9(10)11)7(2)5-6;1-6-4-3-5-8(7(6)2)9(10)11;1-5-2-3-6(14(11,12)13)4-7(5)8(9)10;2*1-5-2-3-6(8(9)10)4-7(5)14(11,12)13;1-5-2-3-7(14(11,12)13)6(4-5)8(9)10;1-5-3-2-4-6(14(11,12)13)7(5)8(9)10;1-5-3-2-4-6(8(9)10)7(5)14(11,12)13;1-7-5-3-2-4-6-7;1-2/h4*3-5H,1-2H3,(H,10,11);6*2-4H,1H3,(H,9,10)(H,11,12,13);2-6H,1H3;1-2H3/p-15. The molecule has 137 heavy (non-hydrogen) atoms. The molecule has 0 saturated heterocycles. The van der Waals surface area contributed by atoms with Crippen molar-refractivity contribution in [3.63, 3.8) is 0 Å². The lowest BCUT2D eigenvalue weighted by Gasteiger charge is -2.15. The summed E-state index contributed by atoms with van der Waals surface area (Å²) >= 11 is 0. The van der Waals surface area contributed by atoms with Gasteiger partial charge >= 0.3 is 0 Å². The van der Waals surface area contributed by atoms with Crippen LogP contribution < -0.4 is 51.1 Å². The van der Waals surface area contributed by atoms with Crippen LogP contribution in [0.3, 0.4) is 0 Å². The van der Waals surface area contributed by atoms with Crippen LogP contribution in [0.15, 0.2) is 242 Å². The lowest BCUT2D eigenvalue weighted by Crippen LogP contribution is -2.25. The summed E-state index contributed by atoms with van der Waals surface area (Å²) in [5.74, 6) is -14.0. The van der Waals surface area contributed by atoms with Gasteiger partial charge in [-0.05, 0) is 230 Å². The third-order valence-corrected chi connectivity index (χ3v) is 23.3. The minimum atomic E-state index is -4.78. The molecule has 0 aliphatic heterocycles. The summed E-state index contributed by atoms with van der Waals surface area (Å²) in [6.07, 6.45) is 0. The van der Waals surface area contributed by atoms with Gasteiger partial charge in [0.15, 0.2) is 0 Å². The van der Waals surface area contributed by atoms with Crippen LogP contribution in [0.5, 0.6) is 0 Å². The van der Waals surface area contributed by atoms with Crippen molar-refractivity contribution >= 4 is 120 Å². The molecule has 11 rings (SSSR count). The average molecular weight is 2010 g/mol. The van der Waals surface area contributed by atoms with E-state index < -0.39 is 166 Å². The predicted molar refractivity (Wildman–Crippen MR) is 466 cm³/mol. The van der Waals surface area contributed by atoms with Gasteiger partial charge in [0.2, 0.25) is 0 Å². The molecule has 1 N–H and O–H groups in total. The number of aromatic carboxylic acids is 10. The first-order valence-corrected chi connectivity index (χ1v) is 47.1. The predicted octanol–water partition coefficient (Wildman–Crippen LogP) is 1.61. The van der Waals surface area contributed by atoms with Crippen LogP contribution in [0.2, 0.25) is 0 Å². The number of carboxylic acid groups (broad SMARTS) is 10. The Balaban J connectivity index is 0.00000149. The Hall–Kier alpha value is -14.4. The molecule has 38 nitrogen and oxygen atoms in total. The van der Waals surface area contributed by atoms with E-state index in [-0.39, 0.29) is 61.2 Å². The van der Waals surface area contributed by atoms with E-state index in [9.17, 15) is 172 Å². The third kappa shape index (κ3) is 42.8. The molecule has 44 heteroatoms. The third-order valence-electron chi connectivity index (χ3n) is 17.7. The molecule has 0 fully saturated rings. The number of carbonyl (C=O) groups excluding carboxylic acids is 10. The molecule has 0 heterocycles. The minimum Gasteiger partial charge on any atom is -0.744 e. The molecule has 11 aromatic carbocycles. The lowest BCUT2D eigenvalue weighted by atomic mass is 10.0. The van der Waals surface area contributed by atoms with Gasteiger partial charge in [0.05, 0.1) is 89.1 Å². The van der Waals surface area contributed by atoms with E-state index in [2.05, 4.69) is 19.1 Å². The summed E-state index contributed by atoms with van der Waals surface area (Å²) in [6.45, 7) is 29.6. The molecule has 738 valence electrons. The van der Waals surface area contributed by atoms with Crippen LogP contribution in [0, 0.1) is 104 Å². The average Bonchev–Trinajstić information content (AvgIpc) is 0.806. The molecule has 0 unspecified atom stereocenters. The fourth-order valence-electron chi connectivity index (χ4n) is 10.8. The molecule has 0 bridgehead atoms. The van der Waals surface area contributed by atoms with Gasteiger partial charge in [-0.3, -0.25) is 4.55 Å². The van der Waals surface area contributed by atoms with Crippen molar-refractivity contribution in [3.05, 3.63) is 351 Å². The van der Waals surface area contributed by atoms with Crippen LogP contribution in [0.1, 0.15) is 201 Å². The van der Waals surface area contributed by atoms with Crippen molar-refractivity contribution in [2.45, 2.75) is 147 Å². The van der Waals surface area contributed by atoms with Gasteiger partial charge in [-0.25, -0.2) is 42.1 Å². The Morgan fingerprint density at radius 1 is 0.219 bits per heavy atom. The van der Waals surface area contributed by atoms with E-state index in [1.807, 2.05) is 91.8 Å². The quantitative estimate of drug-likeness (QED) is 0.134. The number of hydrogen-bond donors (Lipinski definition) is 1. The van der Waals surface area contributed by atoms with Gasteiger partial charge in [0.1, 0.15) is 50.6 Å². The minimum absolute atomic E-state index is 0.0988. The Kier molecular flexibility index (Phi) is 49.0. The zero-order valence-electron chi connectivity index (χ0n) is 75.7. The molecule has 0 amide bonds. The maximum atomic E-state index is 10.8. The lowest BCUT2D eigenvalue weighted by molar-refractivity contribution is -0.256. The number of rotatable bonds is 16. The number of aryl methyl sites for hydroxylation is 14.